The van der Waals surface area contributed by atoms with Gasteiger partial charge in [-0.3, -0.25) is 4.79 Å². The lowest BCUT2D eigenvalue weighted by atomic mass is 10.1. The maximum absolute atomic E-state index is 12.3. The highest BCUT2D eigenvalue weighted by Gasteiger charge is 2.08. The quantitative estimate of drug-likeness (QED) is 0.704. The molecule has 1 amide bonds. The van der Waals surface area contributed by atoms with Gasteiger partial charge in [-0.15, -0.1) is 0 Å². The molecular formula is C21H19NO2. The maximum Gasteiger partial charge on any atom is 0.255 e. The number of rotatable bonds is 4. The van der Waals surface area contributed by atoms with Gasteiger partial charge in [-0.05, 0) is 49.7 Å². The fourth-order valence-electron chi connectivity index (χ4n) is 2.33. The van der Waals surface area contributed by atoms with Gasteiger partial charge < -0.3 is 10.1 Å². The number of aryl methyl sites for hydroxylation is 2. The summed E-state index contributed by atoms with van der Waals surface area (Å²) in [6.07, 6.45) is 0. The molecular weight excluding hydrogens is 298 g/mol. The second-order valence-electron chi connectivity index (χ2n) is 5.71. The molecule has 3 heteroatoms. The van der Waals surface area contributed by atoms with E-state index in [9.17, 15) is 4.79 Å². The fourth-order valence-corrected chi connectivity index (χ4v) is 2.33. The van der Waals surface area contributed by atoms with Gasteiger partial charge in [0.25, 0.3) is 5.91 Å². The summed E-state index contributed by atoms with van der Waals surface area (Å²) in [5, 5.41) is 2.94. The predicted octanol–water partition coefficient (Wildman–Crippen LogP) is 5.35. The fraction of sp³-hybridized carbons (Fsp3) is 0.0952. The van der Waals surface area contributed by atoms with Crippen molar-refractivity contribution in [2.75, 3.05) is 5.32 Å². The molecule has 0 unspecified atom stereocenters. The van der Waals surface area contributed by atoms with E-state index in [0.717, 1.165) is 17.0 Å². The van der Waals surface area contributed by atoms with E-state index in [1.807, 2.05) is 74.5 Å². The van der Waals surface area contributed by atoms with Crippen molar-refractivity contribution in [2.24, 2.45) is 0 Å². The minimum atomic E-state index is -0.133. The molecule has 0 fully saturated rings. The van der Waals surface area contributed by atoms with Gasteiger partial charge in [-0.2, -0.15) is 0 Å². The van der Waals surface area contributed by atoms with Gasteiger partial charge >= 0.3 is 0 Å². The minimum absolute atomic E-state index is 0.133. The molecule has 3 rings (SSSR count). The molecule has 0 bridgehead atoms. The first-order chi connectivity index (χ1) is 11.6. The van der Waals surface area contributed by atoms with Crippen molar-refractivity contribution in [1.29, 1.82) is 0 Å². The van der Waals surface area contributed by atoms with Crippen molar-refractivity contribution in [2.45, 2.75) is 13.8 Å². The number of carbonyl (C=O) groups excluding carboxylic acids is 1. The number of benzene rings is 3. The van der Waals surface area contributed by atoms with Crippen molar-refractivity contribution >= 4 is 11.6 Å². The Balaban J connectivity index is 1.78. The van der Waals surface area contributed by atoms with E-state index < -0.39 is 0 Å². The van der Waals surface area contributed by atoms with Crippen LogP contribution in [0.5, 0.6) is 11.5 Å². The van der Waals surface area contributed by atoms with Gasteiger partial charge in [-0.1, -0.05) is 42.0 Å². The van der Waals surface area contributed by atoms with Crippen LogP contribution in [0.1, 0.15) is 21.5 Å². The molecule has 0 aliphatic carbocycles. The largest absolute Gasteiger partial charge is 0.457 e. The van der Waals surface area contributed by atoms with Crippen LogP contribution in [0.15, 0.2) is 72.8 Å². The Labute approximate surface area is 141 Å². The summed E-state index contributed by atoms with van der Waals surface area (Å²) in [7, 11) is 0. The molecule has 3 aromatic carbocycles. The molecule has 24 heavy (non-hydrogen) atoms. The summed E-state index contributed by atoms with van der Waals surface area (Å²) in [5.41, 5.74) is 3.54. The number of carbonyl (C=O) groups is 1. The number of amides is 1. The molecule has 0 aliphatic rings. The summed E-state index contributed by atoms with van der Waals surface area (Å²) in [5.74, 6) is 1.32. The lowest BCUT2D eigenvalue weighted by molar-refractivity contribution is 0.102. The van der Waals surface area contributed by atoms with E-state index in [1.165, 1.54) is 5.56 Å². The molecule has 0 saturated carbocycles. The molecule has 120 valence electrons. The zero-order valence-corrected chi connectivity index (χ0v) is 13.7. The molecule has 0 aromatic heterocycles. The topological polar surface area (TPSA) is 38.3 Å². The Kier molecular flexibility index (Phi) is 4.62. The van der Waals surface area contributed by atoms with Crippen LogP contribution in [-0.2, 0) is 0 Å². The first-order valence-electron chi connectivity index (χ1n) is 7.83. The number of anilines is 1. The van der Waals surface area contributed by atoms with Crippen LogP contribution < -0.4 is 10.1 Å². The van der Waals surface area contributed by atoms with Crippen LogP contribution in [0, 0.1) is 13.8 Å². The van der Waals surface area contributed by atoms with Crippen LogP contribution in [0.2, 0.25) is 0 Å². The van der Waals surface area contributed by atoms with Gasteiger partial charge in [0.2, 0.25) is 0 Å². The lowest BCUT2D eigenvalue weighted by Gasteiger charge is -2.12. The van der Waals surface area contributed by atoms with E-state index in [-0.39, 0.29) is 5.91 Å². The van der Waals surface area contributed by atoms with Crippen molar-refractivity contribution in [3.63, 3.8) is 0 Å². The van der Waals surface area contributed by atoms with Crippen molar-refractivity contribution in [1.82, 2.24) is 0 Å². The van der Waals surface area contributed by atoms with Gasteiger partial charge in [0.05, 0.1) is 0 Å². The van der Waals surface area contributed by atoms with E-state index in [4.69, 9.17) is 4.74 Å². The summed E-state index contributed by atoms with van der Waals surface area (Å²) in [6, 6.07) is 22.7. The first-order valence-corrected chi connectivity index (χ1v) is 7.83. The Bertz CT molecular complexity index is 839. The zero-order valence-electron chi connectivity index (χ0n) is 13.7. The second-order valence-corrected chi connectivity index (χ2v) is 5.71. The molecule has 0 atom stereocenters. The molecule has 3 aromatic rings. The predicted molar refractivity (Wildman–Crippen MR) is 96.8 cm³/mol. The maximum atomic E-state index is 12.3. The summed E-state index contributed by atoms with van der Waals surface area (Å²) in [6.45, 7) is 3.99. The van der Waals surface area contributed by atoms with E-state index in [0.29, 0.717) is 11.3 Å². The molecule has 0 saturated heterocycles. The highest BCUT2D eigenvalue weighted by Crippen LogP contribution is 2.27. The average molecular weight is 317 g/mol. The Morgan fingerprint density at radius 1 is 0.833 bits per heavy atom. The zero-order chi connectivity index (χ0) is 16.9. The number of hydrogen-bond donors (Lipinski definition) is 1. The SMILES string of the molecule is Cc1ccc(Oc2ccc(C)c(NC(=O)c3ccccc3)c2)cc1. The van der Waals surface area contributed by atoms with Crippen LogP contribution in [0.4, 0.5) is 5.69 Å². The van der Waals surface area contributed by atoms with Gasteiger partial charge in [0.15, 0.2) is 0 Å². The molecule has 0 spiro atoms. The second kappa shape index (κ2) is 7.01. The minimum Gasteiger partial charge on any atom is -0.457 e. The van der Waals surface area contributed by atoms with Crippen molar-refractivity contribution in [3.8, 4) is 11.5 Å². The van der Waals surface area contributed by atoms with Crippen LogP contribution >= 0.6 is 0 Å². The van der Waals surface area contributed by atoms with Crippen molar-refractivity contribution < 1.29 is 9.53 Å². The third-order valence-corrected chi connectivity index (χ3v) is 3.75. The molecule has 0 aliphatic heterocycles. The van der Waals surface area contributed by atoms with E-state index >= 15 is 0 Å². The first kappa shape index (κ1) is 15.8. The van der Waals surface area contributed by atoms with Gasteiger partial charge in [-0.25, -0.2) is 0 Å². The monoisotopic (exact) mass is 317 g/mol. The average Bonchev–Trinajstić information content (AvgIpc) is 2.60. The molecule has 0 radical (unpaired) electrons. The highest BCUT2D eigenvalue weighted by molar-refractivity contribution is 6.04. The van der Waals surface area contributed by atoms with Crippen LogP contribution in [0.3, 0.4) is 0 Å². The standard InChI is InChI=1S/C21H19NO2/c1-15-8-11-18(12-9-15)24-19-13-10-16(2)20(14-19)22-21(23)17-6-4-3-5-7-17/h3-14H,1-2H3,(H,22,23). The normalized spacial score (nSPS) is 10.2. The third kappa shape index (κ3) is 3.82. The summed E-state index contributed by atoms with van der Waals surface area (Å²) in [4.78, 5) is 12.3. The molecule has 3 nitrogen and oxygen atoms in total. The number of nitrogens with one attached hydrogen (secondary N) is 1. The Morgan fingerprint density at radius 3 is 2.21 bits per heavy atom. The molecule has 0 heterocycles. The van der Waals surface area contributed by atoms with E-state index in [2.05, 4.69) is 5.32 Å². The third-order valence-electron chi connectivity index (χ3n) is 3.75. The lowest BCUT2D eigenvalue weighted by Crippen LogP contribution is -2.12. The molecule has 1 N–H and O–H groups in total. The Hall–Kier alpha value is -3.07. The van der Waals surface area contributed by atoms with Crippen LogP contribution in [0.25, 0.3) is 0 Å². The van der Waals surface area contributed by atoms with E-state index in [1.54, 1.807) is 12.1 Å². The van der Waals surface area contributed by atoms with Crippen molar-refractivity contribution in [3.05, 3.63) is 89.5 Å². The van der Waals surface area contributed by atoms with Crippen LogP contribution in [-0.4, -0.2) is 5.91 Å². The van der Waals surface area contributed by atoms with Gasteiger partial charge in [0, 0.05) is 17.3 Å². The summed E-state index contributed by atoms with van der Waals surface area (Å²) < 4.78 is 5.86. The smallest absolute Gasteiger partial charge is 0.255 e. The highest BCUT2D eigenvalue weighted by atomic mass is 16.5. The Morgan fingerprint density at radius 2 is 1.50 bits per heavy atom. The number of hydrogen-bond acceptors (Lipinski definition) is 2. The number of ether oxygens (including phenoxy) is 1. The van der Waals surface area contributed by atoms with Gasteiger partial charge in [0.1, 0.15) is 11.5 Å². The summed E-state index contributed by atoms with van der Waals surface area (Å²) >= 11 is 0.